The Hall–Kier alpha value is -0.0800. The second kappa shape index (κ2) is 17.8. The molecule has 0 bridgehead atoms. The molecule has 0 amide bonds. The Morgan fingerprint density at radius 1 is 0.500 bits per heavy atom. The summed E-state index contributed by atoms with van der Waals surface area (Å²) in [5.74, 6) is 4.18. The third-order valence-corrected chi connectivity index (χ3v) is 5.15. The van der Waals surface area contributed by atoms with Gasteiger partial charge < -0.3 is 9.47 Å². The molecule has 172 valence electrons. The average molecular weight is 401 g/mol. The number of rotatable bonds is 14. The van der Waals surface area contributed by atoms with Crippen molar-refractivity contribution in [1.82, 2.24) is 0 Å². The van der Waals surface area contributed by atoms with Gasteiger partial charge in [0.1, 0.15) is 0 Å². The molecule has 0 saturated heterocycles. The average Bonchev–Trinajstić information content (AvgIpc) is 2.54. The van der Waals surface area contributed by atoms with Gasteiger partial charge in [-0.05, 0) is 61.2 Å². The molecule has 2 nitrogen and oxygen atoms in total. The molecule has 0 fully saturated rings. The van der Waals surface area contributed by atoms with Crippen molar-refractivity contribution in [3.63, 3.8) is 0 Å². The quantitative estimate of drug-likeness (QED) is 0.292. The van der Waals surface area contributed by atoms with Gasteiger partial charge >= 0.3 is 0 Å². The van der Waals surface area contributed by atoms with Crippen molar-refractivity contribution >= 4 is 0 Å². The molecule has 0 radical (unpaired) electrons. The van der Waals surface area contributed by atoms with E-state index in [9.17, 15) is 0 Å². The molecule has 1 unspecified atom stereocenters. The minimum atomic E-state index is 0.442. The van der Waals surface area contributed by atoms with Crippen molar-refractivity contribution in [1.29, 1.82) is 0 Å². The van der Waals surface area contributed by atoms with Crippen LogP contribution in [-0.2, 0) is 9.47 Å². The van der Waals surface area contributed by atoms with E-state index in [2.05, 4.69) is 83.1 Å². The Morgan fingerprint density at radius 3 is 0.964 bits per heavy atom. The van der Waals surface area contributed by atoms with Crippen LogP contribution < -0.4 is 0 Å². The third-order valence-electron chi connectivity index (χ3n) is 5.15. The summed E-state index contributed by atoms with van der Waals surface area (Å²) >= 11 is 0. The molecule has 0 aromatic carbocycles. The van der Waals surface area contributed by atoms with Gasteiger partial charge in [-0.15, -0.1) is 0 Å². The Bertz CT molecular complexity index is 290. The van der Waals surface area contributed by atoms with E-state index >= 15 is 0 Å². The molecule has 0 aliphatic rings. The van der Waals surface area contributed by atoms with Crippen LogP contribution >= 0.6 is 0 Å². The summed E-state index contributed by atoms with van der Waals surface area (Å²) in [6.07, 6.45) is 5.67. The zero-order valence-electron chi connectivity index (χ0n) is 21.7. The number of ether oxygens (including phenoxy) is 2. The van der Waals surface area contributed by atoms with Crippen LogP contribution in [-0.4, -0.2) is 25.4 Å². The van der Waals surface area contributed by atoms with Gasteiger partial charge in [-0.25, -0.2) is 0 Å². The highest BCUT2D eigenvalue weighted by Crippen LogP contribution is 2.24. The first-order valence-corrected chi connectivity index (χ1v) is 12.2. The van der Waals surface area contributed by atoms with Crippen LogP contribution in [0, 0.1) is 35.5 Å². The largest absolute Gasteiger partial charge is 0.378 e. The zero-order valence-corrected chi connectivity index (χ0v) is 21.7. The fraction of sp³-hybridized carbons (Fsp3) is 1.00. The van der Waals surface area contributed by atoms with Gasteiger partial charge in [0.25, 0.3) is 0 Å². The van der Waals surface area contributed by atoms with E-state index in [0.29, 0.717) is 35.9 Å². The maximum atomic E-state index is 5.92. The second-order valence-corrected chi connectivity index (χ2v) is 10.4. The van der Waals surface area contributed by atoms with Crippen LogP contribution in [0.2, 0.25) is 0 Å². The zero-order chi connectivity index (χ0) is 22.3. The molecular formula is C26H56O2. The highest BCUT2D eigenvalue weighted by Gasteiger charge is 2.22. The molecule has 0 heterocycles. The SMILES string of the molecule is CCCO[C@@H](C(C)C)C(C)CC(C)C.CCCO[C@H](C(C)C)[C@H](C)CC(C)C. The molecular weight excluding hydrogens is 344 g/mol. The Kier molecular flexibility index (Phi) is 19.1. The summed E-state index contributed by atoms with van der Waals surface area (Å²) in [6.45, 7) is 29.0. The van der Waals surface area contributed by atoms with E-state index in [1.807, 2.05) is 0 Å². The molecule has 0 rings (SSSR count). The summed E-state index contributed by atoms with van der Waals surface area (Å²) in [7, 11) is 0. The maximum absolute atomic E-state index is 5.92. The topological polar surface area (TPSA) is 18.5 Å². The Labute approximate surface area is 179 Å². The summed E-state index contributed by atoms with van der Waals surface area (Å²) in [5.41, 5.74) is 0. The lowest BCUT2D eigenvalue weighted by Gasteiger charge is -2.28. The third kappa shape index (κ3) is 15.8. The van der Waals surface area contributed by atoms with E-state index in [-0.39, 0.29) is 0 Å². The Balaban J connectivity index is 0. The van der Waals surface area contributed by atoms with Crippen LogP contribution in [0.1, 0.15) is 109 Å². The smallest absolute Gasteiger partial charge is 0.0623 e. The van der Waals surface area contributed by atoms with Gasteiger partial charge in [-0.1, -0.05) is 83.1 Å². The lowest BCUT2D eigenvalue weighted by Crippen LogP contribution is -2.28. The van der Waals surface area contributed by atoms with E-state index < -0.39 is 0 Å². The highest BCUT2D eigenvalue weighted by molar-refractivity contribution is 4.72. The molecule has 0 saturated carbocycles. The van der Waals surface area contributed by atoms with E-state index in [1.54, 1.807) is 0 Å². The predicted molar refractivity (Wildman–Crippen MR) is 127 cm³/mol. The summed E-state index contributed by atoms with van der Waals surface area (Å²) in [5, 5.41) is 0. The van der Waals surface area contributed by atoms with Crippen molar-refractivity contribution in [2.24, 2.45) is 35.5 Å². The monoisotopic (exact) mass is 400 g/mol. The number of hydrogen-bond acceptors (Lipinski definition) is 2. The summed E-state index contributed by atoms with van der Waals surface area (Å²) in [6, 6.07) is 0. The molecule has 0 aromatic heterocycles. The fourth-order valence-corrected chi connectivity index (χ4v) is 4.29. The second-order valence-electron chi connectivity index (χ2n) is 10.4. The van der Waals surface area contributed by atoms with Gasteiger partial charge in [-0.3, -0.25) is 0 Å². The molecule has 4 atom stereocenters. The predicted octanol–water partition coefficient (Wildman–Crippen LogP) is 8.24. The summed E-state index contributed by atoms with van der Waals surface area (Å²) in [4.78, 5) is 0. The molecule has 0 spiro atoms. The van der Waals surface area contributed by atoms with Crippen molar-refractivity contribution in [3.8, 4) is 0 Å². The van der Waals surface area contributed by atoms with E-state index in [1.165, 1.54) is 12.8 Å². The van der Waals surface area contributed by atoms with Gasteiger partial charge in [-0.2, -0.15) is 0 Å². The molecule has 2 heteroatoms. The normalized spacial score (nSPS) is 16.3. The highest BCUT2D eigenvalue weighted by atomic mass is 16.5. The molecule has 0 aliphatic heterocycles. The number of hydrogen-bond donors (Lipinski definition) is 0. The van der Waals surface area contributed by atoms with Crippen LogP contribution in [0.4, 0.5) is 0 Å². The molecule has 0 N–H and O–H groups in total. The van der Waals surface area contributed by atoms with Crippen molar-refractivity contribution < 1.29 is 9.47 Å². The first-order chi connectivity index (χ1) is 13.0. The van der Waals surface area contributed by atoms with Crippen LogP contribution in [0.3, 0.4) is 0 Å². The van der Waals surface area contributed by atoms with Crippen LogP contribution in [0.25, 0.3) is 0 Å². The lowest BCUT2D eigenvalue weighted by atomic mass is 9.88. The van der Waals surface area contributed by atoms with Gasteiger partial charge in [0.15, 0.2) is 0 Å². The lowest BCUT2D eigenvalue weighted by molar-refractivity contribution is -0.0177. The first-order valence-electron chi connectivity index (χ1n) is 12.2. The summed E-state index contributed by atoms with van der Waals surface area (Å²) < 4.78 is 11.8. The van der Waals surface area contributed by atoms with Gasteiger partial charge in [0, 0.05) is 13.2 Å². The standard InChI is InChI=1S/2C13H28O/c2*1-7-8-14-13(11(4)5)12(6)9-10(2)3/h2*10-13H,7-9H2,1-6H3/t12?,13-;12-,13-/m01/s1. The molecule has 0 aromatic rings. The van der Waals surface area contributed by atoms with Crippen LogP contribution in [0.15, 0.2) is 0 Å². The molecule has 0 aliphatic carbocycles. The van der Waals surface area contributed by atoms with Gasteiger partial charge in [0.05, 0.1) is 12.2 Å². The van der Waals surface area contributed by atoms with Crippen LogP contribution in [0.5, 0.6) is 0 Å². The molecule has 28 heavy (non-hydrogen) atoms. The minimum Gasteiger partial charge on any atom is -0.378 e. The van der Waals surface area contributed by atoms with Crippen molar-refractivity contribution in [2.45, 2.75) is 121 Å². The minimum absolute atomic E-state index is 0.442. The van der Waals surface area contributed by atoms with Gasteiger partial charge in [0.2, 0.25) is 0 Å². The fourth-order valence-electron chi connectivity index (χ4n) is 4.29. The Morgan fingerprint density at radius 2 is 0.786 bits per heavy atom. The maximum Gasteiger partial charge on any atom is 0.0623 e. The first kappa shape index (κ1) is 30.1. The van der Waals surface area contributed by atoms with E-state index in [0.717, 1.165) is 37.9 Å². The van der Waals surface area contributed by atoms with E-state index in [4.69, 9.17) is 9.47 Å². The van der Waals surface area contributed by atoms with Crippen molar-refractivity contribution in [3.05, 3.63) is 0 Å². The van der Waals surface area contributed by atoms with Crippen molar-refractivity contribution in [2.75, 3.05) is 13.2 Å².